The van der Waals surface area contributed by atoms with Crippen molar-refractivity contribution in [3.63, 3.8) is 0 Å². The number of methoxy groups -OCH3 is 1. The molecular weight excluding hydrogens is 386 g/mol. The third-order valence-electron chi connectivity index (χ3n) is 4.91. The van der Waals surface area contributed by atoms with Crippen LogP contribution in [0.4, 0.5) is 0 Å². The molecule has 8 nitrogen and oxygen atoms in total. The average molecular weight is 411 g/mol. The zero-order valence-corrected chi connectivity index (χ0v) is 17.6. The number of benzene rings is 1. The normalized spacial score (nSPS) is 10.9. The lowest BCUT2D eigenvalue weighted by molar-refractivity contribution is 0.0528. The number of pyridine rings is 1. The highest BCUT2D eigenvalue weighted by Crippen LogP contribution is 2.25. The van der Waals surface area contributed by atoms with Gasteiger partial charge in [0.1, 0.15) is 5.75 Å². The van der Waals surface area contributed by atoms with Crippen LogP contribution in [0.2, 0.25) is 0 Å². The highest BCUT2D eigenvalue weighted by Gasteiger charge is 2.22. The summed E-state index contributed by atoms with van der Waals surface area (Å²) in [4.78, 5) is 43.1. The molecule has 0 saturated carbocycles. The lowest BCUT2D eigenvalue weighted by atomic mass is 10.1. The maximum Gasteiger partial charge on any atom is 0.339 e. The van der Waals surface area contributed by atoms with Crippen molar-refractivity contribution in [3.8, 4) is 17.0 Å². The van der Waals surface area contributed by atoms with Gasteiger partial charge in [0, 0.05) is 19.2 Å². The van der Waals surface area contributed by atoms with Crippen LogP contribution in [0, 0.1) is 0 Å². The number of ether oxygens (including phenoxy) is 2. The van der Waals surface area contributed by atoms with Gasteiger partial charge in [-0.15, -0.1) is 0 Å². The fourth-order valence-electron chi connectivity index (χ4n) is 3.26. The van der Waals surface area contributed by atoms with Crippen molar-refractivity contribution < 1.29 is 14.3 Å². The smallest absolute Gasteiger partial charge is 0.339 e. The van der Waals surface area contributed by atoms with Gasteiger partial charge in [-0.05, 0) is 43.7 Å². The fourth-order valence-corrected chi connectivity index (χ4v) is 3.26. The summed E-state index contributed by atoms with van der Waals surface area (Å²) in [6.45, 7) is 4.26. The van der Waals surface area contributed by atoms with E-state index in [1.165, 1.54) is 17.7 Å². The molecule has 0 bridgehead atoms. The van der Waals surface area contributed by atoms with E-state index in [4.69, 9.17) is 9.47 Å². The van der Waals surface area contributed by atoms with E-state index in [0.29, 0.717) is 18.0 Å². The van der Waals surface area contributed by atoms with E-state index >= 15 is 0 Å². The Bertz CT molecular complexity index is 1190. The van der Waals surface area contributed by atoms with E-state index in [0.717, 1.165) is 23.0 Å². The van der Waals surface area contributed by atoms with Crippen molar-refractivity contribution >= 4 is 17.0 Å². The molecular formula is C22H25N3O5. The molecule has 3 aromatic rings. The second kappa shape index (κ2) is 8.94. The van der Waals surface area contributed by atoms with Crippen LogP contribution in [0.1, 0.15) is 37.0 Å². The number of hydrogen-bond donors (Lipinski definition) is 0. The lowest BCUT2D eigenvalue weighted by Crippen LogP contribution is -2.39. The Balaban J connectivity index is 2.39. The molecule has 0 saturated heterocycles. The average Bonchev–Trinajstić information content (AvgIpc) is 2.77. The monoisotopic (exact) mass is 411 g/mol. The largest absolute Gasteiger partial charge is 0.497 e. The van der Waals surface area contributed by atoms with Gasteiger partial charge in [0.25, 0.3) is 5.56 Å². The lowest BCUT2D eigenvalue weighted by Gasteiger charge is -2.15. The Kier molecular flexibility index (Phi) is 6.34. The molecule has 158 valence electrons. The Morgan fingerprint density at radius 3 is 2.43 bits per heavy atom. The van der Waals surface area contributed by atoms with Crippen molar-refractivity contribution in [1.82, 2.24) is 14.1 Å². The highest BCUT2D eigenvalue weighted by atomic mass is 16.5. The van der Waals surface area contributed by atoms with Crippen LogP contribution in [0.15, 0.2) is 39.9 Å². The summed E-state index contributed by atoms with van der Waals surface area (Å²) in [5, 5.41) is 0.0870. The van der Waals surface area contributed by atoms with Crippen LogP contribution in [-0.4, -0.2) is 33.8 Å². The number of carbonyl (C=O) groups is 1. The maximum absolute atomic E-state index is 12.9. The molecule has 2 aromatic heterocycles. The molecule has 1 aromatic carbocycles. The van der Waals surface area contributed by atoms with Crippen LogP contribution in [-0.2, 0) is 18.3 Å². The number of nitrogens with zero attached hydrogens (tertiary/aromatic N) is 3. The standard InChI is InChI=1S/C22H25N3O5/c1-5-7-12-25-19-18(20(26)24(3)22(25)28)16(21(27)30-6-2)13-17(23-19)14-8-10-15(29-4)11-9-14/h8-11,13H,5-7,12H2,1-4H3. The van der Waals surface area contributed by atoms with Crippen LogP contribution in [0.25, 0.3) is 22.3 Å². The van der Waals surface area contributed by atoms with Gasteiger partial charge in [0.05, 0.1) is 30.4 Å². The molecule has 0 radical (unpaired) electrons. The third-order valence-corrected chi connectivity index (χ3v) is 4.91. The zero-order chi connectivity index (χ0) is 21.8. The van der Waals surface area contributed by atoms with Gasteiger partial charge < -0.3 is 9.47 Å². The predicted octanol–water partition coefficient (Wildman–Crippen LogP) is 2.75. The molecule has 0 aliphatic carbocycles. The van der Waals surface area contributed by atoms with Crippen molar-refractivity contribution in [1.29, 1.82) is 0 Å². The molecule has 0 spiro atoms. The summed E-state index contributed by atoms with van der Waals surface area (Å²) >= 11 is 0. The molecule has 0 atom stereocenters. The summed E-state index contributed by atoms with van der Waals surface area (Å²) in [5.41, 5.74) is 0.436. The van der Waals surface area contributed by atoms with Gasteiger partial charge in [-0.1, -0.05) is 13.3 Å². The Labute approximate surface area is 173 Å². The molecule has 3 rings (SSSR count). The topological polar surface area (TPSA) is 92.4 Å². The molecule has 30 heavy (non-hydrogen) atoms. The zero-order valence-electron chi connectivity index (χ0n) is 17.6. The van der Waals surface area contributed by atoms with Crippen molar-refractivity contribution in [3.05, 3.63) is 56.7 Å². The van der Waals surface area contributed by atoms with Crippen molar-refractivity contribution in [2.75, 3.05) is 13.7 Å². The first kappa shape index (κ1) is 21.3. The first-order valence-electron chi connectivity index (χ1n) is 9.89. The molecule has 0 fully saturated rings. The minimum Gasteiger partial charge on any atom is -0.497 e. The maximum atomic E-state index is 12.9. The van der Waals surface area contributed by atoms with Crippen molar-refractivity contribution in [2.45, 2.75) is 33.2 Å². The van der Waals surface area contributed by atoms with Gasteiger partial charge in [-0.2, -0.15) is 0 Å². The minimum absolute atomic E-state index is 0.0870. The molecule has 0 aliphatic rings. The van der Waals surface area contributed by atoms with Crippen LogP contribution >= 0.6 is 0 Å². The summed E-state index contributed by atoms with van der Waals surface area (Å²) in [5.74, 6) is 0.0522. The summed E-state index contributed by atoms with van der Waals surface area (Å²) in [7, 11) is 2.98. The summed E-state index contributed by atoms with van der Waals surface area (Å²) < 4.78 is 12.8. The van der Waals surface area contributed by atoms with Crippen molar-refractivity contribution in [2.24, 2.45) is 7.05 Å². The van der Waals surface area contributed by atoms with Crippen LogP contribution in [0.3, 0.4) is 0 Å². The highest BCUT2D eigenvalue weighted by molar-refractivity contribution is 6.03. The number of rotatable bonds is 7. The predicted molar refractivity (Wildman–Crippen MR) is 114 cm³/mol. The van der Waals surface area contributed by atoms with Gasteiger partial charge in [-0.3, -0.25) is 13.9 Å². The Morgan fingerprint density at radius 1 is 1.13 bits per heavy atom. The Morgan fingerprint density at radius 2 is 1.83 bits per heavy atom. The van der Waals surface area contributed by atoms with Crippen LogP contribution < -0.4 is 16.0 Å². The number of esters is 1. The van der Waals surface area contributed by atoms with E-state index in [-0.39, 0.29) is 23.2 Å². The van der Waals surface area contributed by atoms with E-state index in [1.807, 2.05) is 6.92 Å². The molecule has 8 heteroatoms. The molecule has 0 aliphatic heterocycles. The third kappa shape index (κ3) is 3.85. The minimum atomic E-state index is -0.627. The molecule has 0 amide bonds. The van der Waals surface area contributed by atoms with Gasteiger partial charge in [-0.25, -0.2) is 14.6 Å². The quantitative estimate of drug-likeness (QED) is 0.555. The first-order chi connectivity index (χ1) is 14.4. The number of aryl methyl sites for hydroxylation is 1. The second-order valence-corrected chi connectivity index (χ2v) is 6.85. The summed E-state index contributed by atoms with van der Waals surface area (Å²) in [6.07, 6.45) is 1.59. The van der Waals surface area contributed by atoms with Gasteiger partial charge >= 0.3 is 11.7 Å². The van der Waals surface area contributed by atoms with E-state index in [2.05, 4.69) is 4.98 Å². The number of unbranched alkanes of at least 4 members (excludes halogenated alkanes) is 1. The van der Waals surface area contributed by atoms with Gasteiger partial charge in [0.2, 0.25) is 0 Å². The molecule has 2 heterocycles. The van der Waals surface area contributed by atoms with Crippen LogP contribution in [0.5, 0.6) is 5.75 Å². The van der Waals surface area contributed by atoms with Gasteiger partial charge in [0.15, 0.2) is 5.65 Å². The first-order valence-corrected chi connectivity index (χ1v) is 9.89. The fraction of sp³-hybridized carbons (Fsp3) is 0.364. The number of fused-ring (bicyclic) bond motifs is 1. The number of aromatic nitrogens is 3. The molecule has 0 unspecified atom stereocenters. The SMILES string of the molecule is CCCCn1c(=O)n(C)c(=O)c2c(C(=O)OCC)cc(-c3ccc(OC)cc3)nc21. The van der Waals surface area contributed by atoms with E-state index in [1.54, 1.807) is 38.3 Å². The molecule has 0 N–H and O–H groups in total. The second-order valence-electron chi connectivity index (χ2n) is 6.85. The number of carbonyl (C=O) groups excluding carboxylic acids is 1. The van der Waals surface area contributed by atoms with E-state index < -0.39 is 17.2 Å². The number of hydrogen-bond acceptors (Lipinski definition) is 6. The Hall–Kier alpha value is -3.42. The summed E-state index contributed by atoms with van der Waals surface area (Å²) in [6, 6.07) is 8.70. The van der Waals surface area contributed by atoms with E-state index in [9.17, 15) is 14.4 Å².